The molecular formula is C27H39NO5Si. The molecule has 0 bridgehead atoms. The number of ether oxygens (including phenoxy) is 2. The zero-order valence-corrected chi connectivity index (χ0v) is 23.2. The average molecular weight is 486 g/mol. The second-order valence-electron chi connectivity index (χ2n) is 11.8. The van der Waals surface area contributed by atoms with Gasteiger partial charge in [0.15, 0.2) is 0 Å². The standard InChI is InChI=1S/C27H39NO5Si/c1-17-19(28-23(29)18-14-12-11-13-15-18)16-20(34(8,9)10)22(25(31)33-27(5,6)7)21(17)24(30)32-26(2,3)4/h11-17,19H,1-10H3,(H,28,29)/t17-,19-/m0/s1. The Morgan fingerprint density at radius 3 is 1.82 bits per heavy atom. The summed E-state index contributed by atoms with van der Waals surface area (Å²) in [5.41, 5.74) is -0.414. The van der Waals surface area contributed by atoms with Gasteiger partial charge in [-0.1, -0.05) is 50.8 Å². The molecule has 0 aromatic heterocycles. The fourth-order valence-corrected chi connectivity index (χ4v) is 5.41. The van der Waals surface area contributed by atoms with E-state index in [2.05, 4.69) is 25.0 Å². The van der Waals surface area contributed by atoms with Crippen LogP contribution >= 0.6 is 0 Å². The second kappa shape index (κ2) is 9.90. The maximum atomic E-state index is 13.5. The van der Waals surface area contributed by atoms with Gasteiger partial charge in [0.1, 0.15) is 11.2 Å². The highest BCUT2D eigenvalue weighted by molar-refractivity contribution is 6.84. The predicted octanol–water partition coefficient (Wildman–Crippen LogP) is 5.22. The molecule has 2 atom stereocenters. The van der Waals surface area contributed by atoms with E-state index in [4.69, 9.17) is 9.47 Å². The Bertz CT molecular complexity index is 1000. The van der Waals surface area contributed by atoms with Crippen molar-refractivity contribution in [3.05, 3.63) is 58.3 Å². The summed E-state index contributed by atoms with van der Waals surface area (Å²) in [5, 5.41) is 3.83. The summed E-state index contributed by atoms with van der Waals surface area (Å²) in [4.78, 5) is 39.9. The molecule has 2 rings (SSSR count). The van der Waals surface area contributed by atoms with Crippen LogP contribution in [0, 0.1) is 5.92 Å². The lowest BCUT2D eigenvalue weighted by Gasteiger charge is -2.37. The highest BCUT2D eigenvalue weighted by Gasteiger charge is 2.43. The monoisotopic (exact) mass is 485 g/mol. The van der Waals surface area contributed by atoms with Crippen molar-refractivity contribution in [3.8, 4) is 0 Å². The molecule has 7 heteroatoms. The highest BCUT2D eigenvalue weighted by Crippen LogP contribution is 2.38. The van der Waals surface area contributed by atoms with Gasteiger partial charge in [0.25, 0.3) is 5.91 Å². The summed E-state index contributed by atoms with van der Waals surface area (Å²) in [6.07, 6.45) is 1.94. The minimum Gasteiger partial charge on any atom is -0.457 e. The SMILES string of the molecule is C[C@@H]1C(C(=O)OC(C)(C)C)=C(C(=O)OC(C)(C)C)C([Si](C)(C)C)=C[C@@H]1NC(=O)c1ccccc1. The zero-order valence-electron chi connectivity index (χ0n) is 22.2. The molecule has 34 heavy (non-hydrogen) atoms. The Labute approximate surface area is 204 Å². The first-order valence-electron chi connectivity index (χ1n) is 11.7. The third kappa shape index (κ3) is 7.16. The van der Waals surface area contributed by atoms with Crippen molar-refractivity contribution in [2.75, 3.05) is 0 Å². The van der Waals surface area contributed by atoms with Gasteiger partial charge in [-0.3, -0.25) is 4.79 Å². The lowest BCUT2D eigenvalue weighted by atomic mass is 9.83. The van der Waals surface area contributed by atoms with Crippen molar-refractivity contribution in [3.63, 3.8) is 0 Å². The molecule has 1 aliphatic rings. The van der Waals surface area contributed by atoms with Crippen LogP contribution in [-0.2, 0) is 19.1 Å². The van der Waals surface area contributed by atoms with Gasteiger partial charge in [-0.05, 0) is 58.9 Å². The van der Waals surface area contributed by atoms with Crippen molar-refractivity contribution >= 4 is 25.9 Å². The van der Waals surface area contributed by atoms with Crippen molar-refractivity contribution in [2.45, 2.75) is 85.4 Å². The van der Waals surface area contributed by atoms with Gasteiger partial charge in [-0.25, -0.2) is 9.59 Å². The quantitative estimate of drug-likeness (QED) is 0.457. The summed E-state index contributed by atoms with van der Waals surface area (Å²) in [6.45, 7) is 18.9. The topological polar surface area (TPSA) is 81.7 Å². The molecule has 0 spiro atoms. The van der Waals surface area contributed by atoms with E-state index < -0.39 is 43.2 Å². The van der Waals surface area contributed by atoms with E-state index in [9.17, 15) is 14.4 Å². The first kappa shape index (κ1) is 27.6. The van der Waals surface area contributed by atoms with Gasteiger partial charge in [-0.2, -0.15) is 0 Å². The number of benzene rings is 1. The van der Waals surface area contributed by atoms with Gasteiger partial charge in [0.2, 0.25) is 0 Å². The van der Waals surface area contributed by atoms with Crippen molar-refractivity contribution < 1.29 is 23.9 Å². The predicted molar refractivity (Wildman–Crippen MR) is 137 cm³/mol. The number of rotatable bonds is 5. The Balaban J connectivity index is 2.64. The fraction of sp³-hybridized carbons (Fsp3) is 0.519. The Kier molecular flexibility index (Phi) is 8.03. The summed E-state index contributed by atoms with van der Waals surface area (Å²) >= 11 is 0. The van der Waals surface area contributed by atoms with E-state index in [1.54, 1.807) is 65.8 Å². The first-order valence-corrected chi connectivity index (χ1v) is 15.2. The van der Waals surface area contributed by atoms with Crippen LogP contribution in [-0.4, -0.2) is 43.2 Å². The van der Waals surface area contributed by atoms with Crippen LogP contribution in [0.1, 0.15) is 58.8 Å². The lowest BCUT2D eigenvalue weighted by molar-refractivity contribution is -0.154. The molecule has 186 valence electrons. The molecule has 0 heterocycles. The molecule has 0 unspecified atom stereocenters. The minimum atomic E-state index is -2.16. The minimum absolute atomic E-state index is 0.243. The highest BCUT2D eigenvalue weighted by atomic mass is 28.3. The molecule has 0 saturated carbocycles. The van der Waals surface area contributed by atoms with Crippen LogP contribution in [0.15, 0.2) is 52.8 Å². The molecule has 6 nitrogen and oxygen atoms in total. The molecule has 0 aliphatic heterocycles. The molecule has 1 aliphatic carbocycles. The van der Waals surface area contributed by atoms with E-state index in [0.29, 0.717) is 5.56 Å². The van der Waals surface area contributed by atoms with Gasteiger partial charge >= 0.3 is 11.9 Å². The average Bonchev–Trinajstić information content (AvgIpc) is 2.65. The number of carbonyl (C=O) groups is 3. The van der Waals surface area contributed by atoms with Crippen LogP contribution in [0.25, 0.3) is 0 Å². The molecule has 1 amide bonds. The summed E-state index contributed by atoms with van der Waals surface area (Å²) in [7, 11) is -2.16. The smallest absolute Gasteiger partial charge is 0.339 e. The molecule has 1 N–H and O–H groups in total. The number of amides is 1. The number of hydrogen-bond acceptors (Lipinski definition) is 5. The van der Waals surface area contributed by atoms with Gasteiger partial charge in [-0.15, -0.1) is 0 Å². The van der Waals surface area contributed by atoms with E-state index >= 15 is 0 Å². The lowest BCUT2D eigenvalue weighted by Crippen LogP contribution is -2.46. The summed E-state index contributed by atoms with van der Waals surface area (Å²) in [5.74, 6) is -1.84. The largest absolute Gasteiger partial charge is 0.457 e. The number of nitrogens with one attached hydrogen (secondary N) is 1. The third-order valence-corrected chi connectivity index (χ3v) is 7.28. The van der Waals surface area contributed by atoms with Crippen LogP contribution in [0.2, 0.25) is 19.6 Å². The zero-order chi connectivity index (χ0) is 26.1. The molecule has 0 radical (unpaired) electrons. The molecule has 0 fully saturated rings. The van der Waals surface area contributed by atoms with Gasteiger partial charge in [0.05, 0.1) is 25.3 Å². The van der Waals surface area contributed by atoms with Crippen LogP contribution < -0.4 is 5.32 Å². The van der Waals surface area contributed by atoms with Crippen molar-refractivity contribution in [2.24, 2.45) is 5.92 Å². The summed E-state index contributed by atoms with van der Waals surface area (Å²) in [6, 6.07) is 8.44. The first-order chi connectivity index (χ1) is 15.4. The van der Waals surface area contributed by atoms with E-state index in [1.807, 2.05) is 19.1 Å². The number of esters is 2. The van der Waals surface area contributed by atoms with Crippen LogP contribution in [0.3, 0.4) is 0 Å². The second-order valence-corrected chi connectivity index (χ2v) is 16.8. The summed E-state index contributed by atoms with van der Waals surface area (Å²) < 4.78 is 11.5. The van der Waals surface area contributed by atoms with Crippen LogP contribution in [0.4, 0.5) is 0 Å². The van der Waals surface area contributed by atoms with E-state index in [1.165, 1.54) is 0 Å². The fourth-order valence-electron chi connectivity index (χ4n) is 3.75. The van der Waals surface area contributed by atoms with Crippen molar-refractivity contribution in [1.29, 1.82) is 0 Å². The normalized spacial score (nSPS) is 19.3. The Morgan fingerprint density at radius 1 is 0.853 bits per heavy atom. The molecule has 1 aromatic carbocycles. The maximum Gasteiger partial charge on any atom is 0.339 e. The van der Waals surface area contributed by atoms with E-state index in [0.717, 1.165) is 5.20 Å². The van der Waals surface area contributed by atoms with Gasteiger partial charge in [0, 0.05) is 11.5 Å². The number of hydrogen-bond donors (Lipinski definition) is 1. The van der Waals surface area contributed by atoms with Gasteiger partial charge < -0.3 is 14.8 Å². The Morgan fingerprint density at radius 2 is 1.35 bits per heavy atom. The third-order valence-electron chi connectivity index (χ3n) is 5.24. The van der Waals surface area contributed by atoms with E-state index in [-0.39, 0.29) is 17.1 Å². The molecule has 0 saturated heterocycles. The van der Waals surface area contributed by atoms with Crippen LogP contribution in [0.5, 0.6) is 0 Å². The Hall–Kier alpha value is -2.67. The number of carbonyl (C=O) groups excluding carboxylic acids is 3. The molecule has 1 aromatic rings. The van der Waals surface area contributed by atoms with Crippen molar-refractivity contribution in [1.82, 2.24) is 5.32 Å². The molecular weight excluding hydrogens is 446 g/mol. The maximum absolute atomic E-state index is 13.5.